The van der Waals surface area contributed by atoms with E-state index in [4.69, 9.17) is 9.84 Å². The second kappa shape index (κ2) is 8.08. The highest BCUT2D eigenvalue weighted by Crippen LogP contribution is 2.17. The average molecular weight is 215 g/mol. The normalized spacial score (nSPS) is 26.0. The molecule has 1 aliphatic rings. The van der Waals surface area contributed by atoms with E-state index in [1.807, 2.05) is 0 Å². The minimum atomic E-state index is 0.335. The van der Waals surface area contributed by atoms with Gasteiger partial charge in [0.25, 0.3) is 0 Å². The maximum Gasteiger partial charge on any atom is 0.0704 e. The summed E-state index contributed by atoms with van der Waals surface area (Å²) < 4.78 is 5.71. The van der Waals surface area contributed by atoms with Crippen molar-refractivity contribution in [1.82, 2.24) is 5.32 Å². The molecule has 1 rings (SSSR count). The Hall–Kier alpha value is -0.120. The van der Waals surface area contributed by atoms with E-state index in [-0.39, 0.29) is 0 Å². The highest BCUT2D eigenvalue weighted by molar-refractivity contribution is 4.72. The molecule has 0 radical (unpaired) electrons. The van der Waals surface area contributed by atoms with Crippen LogP contribution in [-0.4, -0.2) is 37.0 Å². The Morgan fingerprint density at radius 2 is 2.00 bits per heavy atom. The predicted octanol–water partition coefficient (Wildman–Crippen LogP) is 1.70. The molecule has 1 fully saturated rings. The molecular weight excluding hydrogens is 190 g/mol. The fourth-order valence-corrected chi connectivity index (χ4v) is 2.01. The van der Waals surface area contributed by atoms with E-state index < -0.39 is 0 Å². The molecule has 1 aliphatic heterocycles. The SMILES string of the molecule is CC1CCC(CNCCCCCCO)O1. The number of hydrogen-bond acceptors (Lipinski definition) is 3. The number of unbranched alkanes of at least 4 members (excludes halogenated alkanes) is 3. The summed E-state index contributed by atoms with van der Waals surface area (Å²) in [4.78, 5) is 0. The number of aliphatic hydroxyl groups excluding tert-OH is 1. The highest BCUT2D eigenvalue weighted by atomic mass is 16.5. The molecule has 3 nitrogen and oxygen atoms in total. The largest absolute Gasteiger partial charge is 0.396 e. The quantitative estimate of drug-likeness (QED) is 0.606. The Balaban J connectivity index is 1.81. The Labute approximate surface area is 93.2 Å². The molecule has 0 amide bonds. The summed E-state index contributed by atoms with van der Waals surface area (Å²) in [6, 6.07) is 0. The predicted molar refractivity (Wildman–Crippen MR) is 62.0 cm³/mol. The zero-order valence-corrected chi connectivity index (χ0v) is 9.87. The summed E-state index contributed by atoms with van der Waals surface area (Å²) in [6.45, 7) is 4.57. The molecular formula is C12H25NO2. The third-order valence-electron chi connectivity index (χ3n) is 2.95. The molecule has 2 N–H and O–H groups in total. The Bertz CT molecular complexity index is 153. The van der Waals surface area contributed by atoms with Crippen molar-refractivity contribution in [2.24, 2.45) is 0 Å². The van der Waals surface area contributed by atoms with Gasteiger partial charge in [0.2, 0.25) is 0 Å². The van der Waals surface area contributed by atoms with Crippen LogP contribution in [0.25, 0.3) is 0 Å². The first kappa shape index (κ1) is 12.9. The molecule has 15 heavy (non-hydrogen) atoms. The van der Waals surface area contributed by atoms with Crippen LogP contribution in [0.5, 0.6) is 0 Å². The van der Waals surface area contributed by atoms with Crippen LogP contribution in [0.3, 0.4) is 0 Å². The van der Waals surface area contributed by atoms with Crippen molar-refractivity contribution >= 4 is 0 Å². The molecule has 3 heteroatoms. The second-order valence-electron chi connectivity index (χ2n) is 4.49. The van der Waals surface area contributed by atoms with E-state index in [1.165, 1.54) is 25.7 Å². The van der Waals surface area contributed by atoms with Crippen molar-refractivity contribution in [3.63, 3.8) is 0 Å². The molecule has 1 heterocycles. The molecule has 0 aromatic carbocycles. The first-order valence-electron chi connectivity index (χ1n) is 6.30. The van der Waals surface area contributed by atoms with Crippen LogP contribution in [-0.2, 0) is 4.74 Å². The van der Waals surface area contributed by atoms with E-state index in [9.17, 15) is 0 Å². The smallest absolute Gasteiger partial charge is 0.0704 e. The van der Waals surface area contributed by atoms with E-state index >= 15 is 0 Å². The number of rotatable bonds is 8. The van der Waals surface area contributed by atoms with Gasteiger partial charge >= 0.3 is 0 Å². The van der Waals surface area contributed by atoms with Crippen LogP contribution < -0.4 is 5.32 Å². The molecule has 2 atom stereocenters. The lowest BCUT2D eigenvalue weighted by Crippen LogP contribution is -2.27. The molecule has 0 aliphatic carbocycles. The van der Waals surface area contributed by atoms with Gasteiger partial charge in [-0.3, -0.25) is 0 Å². The molecule has 0 bridgehead atoms. The van der Waals surface area contributed by atoms with Crippen molar-refractivity contribution in [2.75, 3.05) is 19.7 Å². The van der Waals surface area contributed by atoms with Gasteiger partial charge in [-0.15, -0.1) is 0 Å². The first-order valence-corrected chi connectivity index (χ1v) is 6.30. The summed E-state index contributed by atoms with van der Waals surface area (Å²) in [7, 11) is 0. The molecule has 0 saturated carbocycles. The van der Waals surface area contributed by atoms with Crippen molar-refractivity contribution in [3.05, 3.63) is 0 Å². The lowest BCUT2D eigenvalue weighted by atomic mass is 10.2. The summed E-state index contributed by atoms with van der Waals surface area (Å²) >= 11 is 0. The van der Waals surface area contributed by atoms with Crippen LogP contribution in [0, 0.1) is 0 Å². The summed E-state index contributed by atoms with van der Waals surface area (Å²) in [5.74, 6) is 0. The van der Waals surface area contributed by atoms with Gasteiger partial charge in [-0.25, -0.2) is 0 Å². The molecule has 90 valence electrons. The Kier molecular flexibility index (Phi) is 6.98. The van der Waals surface area contributed by atoms with E-state index in [0.29, 0.717) is 18.8 Å². The lowest BCUT2D eigenvalue weighted by molar-refractivity contribution is 0.0561. The fourth-order valence-electron chi connectivity index (χ4n) is 2.01. The summed E-state index contributed by atoms with van der Waals surface area (Å²) in [6.07, 6.45) is 7.84. The third kappa shape index (κ3) is 6.13. The van der Waals surface area contributed by atoms with Crippen LogP contribution in [0.15, 0.2) is 0 Å². The molecule has 2 unspecified atom stereocenters. The maximum absolute atomic E-state index is 8.61. The van der Waals surface area contributed by atoms with Gasteiger partial charge in [0.1, 0.15) is 0 Å². The second-order valence-corrected chi connectivity index (χ2v) is 4.49. The highest BCUT2D eigenvalue weighted by Gasteiger charge is 2.20. The van der Waals surface area contributed by atoms with Crippen LogP contribution in [0.2, 0.25) is 0 Å². The zero-order valence-electron chi connectivity index (χ0n) is 9.87. The molecule has 0 aromatic rings. The maximum atomic E-state index is 8.61. The first-order chi connectivity index (χ1) is 7.33. The Morgan fingerprint density at radius 1 is 1.20 bits per heavy atom. The third-order valence-corrected chi connectivity index (χ3v) is 2.95. The van der Waals surface area contributed by atoms with E-state index in [0.717, 1.165) is 25.9 Å². The number of hydrogen-bond donors (Lipinski definition) is 2. The lowest BCUT2D eigenvalue weighted by Gasteiger charge is -2.11. The fraction of sp³-hybridized carbons (Fsp3) is 1.00. The summed E-state index contributed by atoms with van der Waals surface area (Å²) in [5.41, 5.74) is 0. The minimum absolute atomic E-state index is 0.335. The van der Waals surface area contributed by atoms with Crippen molar-refractivity contribution in [2.45, 2.75) is 57.7 Å². The van der Waals surface area contributed by atoms with Gasteiger partial charge < -0.3 is 15.2 Å². The van der Waals surface area contributed by atoms with Gasteiger partial charge in [0, 0.05) is 13.2 Å². The van der Waals surface area contributed by atoms with Gasteiger partial charge in [-0.05, 0) is 39.2 Å². The van der Waals surface area contributed by atoms with Gasteiger partial charge in [-0.2, -0.15) is 0 Å². The van der Waals surface area contributed by atoms with Gasteiger partial charge in [0.05, 0.1) is 12.2 Å². The molecule has 1 saturated heterocycles. The number of nitrogens with one attached hydrogen (secondary N) is 1. The molecule has 0 aromatic heterocycles. The van der Waals surface area contributed by atoms with Crippen LogP contribution in [0.4, 0.5) is 0 Å². The number of aliphatic hydroxyl groups is 1. The molecule has 0 spiro atoms. The van der Waals surface area contributed by atoms with Gasteiger partial charge in [0.15, 0.2) is 0 Å². The van der Waals surface area contributed by atoms with Crippen molar-refractivity contribution in [3.8, 4) is 0 Å². The zero-order chi connectivity index (χ0) is 10.9. The number of ether oxygens (including phenoxy) is 1. The Morgan fingerprint density at radius 3 is 2.67 bits per heavy atom. The van der Waals surface area contributed by atoms with Crippen LogP contribution >= 0.6 is 0 Å². The minimum Gasteiger partial charge on any atom is -0.396 e. The van der Waals surface area contributed by atoms with Crippen LogP contribution in [0.1, 0.15) is 45.4 Å². The monoisotopic (exact) mass is 215 g/mol. The van der Waals surface area contributed by atoms with E-state index in [1.54, 1.807) is 0 Å². The van der Waals surface area contributed by atoms with E-state index in [2.05, 4.69) is 12.2 Å². The average Bonchev–Trinajstić information content (AvgIpc) is 2.63. The standard InChI is InChI=1S/C12H25NO2/c1-11-6-7-12(15-11)10-13-8-4-2-3-5-9-14/h11-14H,2-10H2,1H3. The topological polar surface area (TPSA) is 41.5 Å². The van der Waals surface area contributed by atoms with Crippen molar-refractivity contribution < 1.29 is 9.84 Å². The van der Waals surface area contributed by atoms with Gasteiger partial charge in [-0.1, -0.05) is 12.8 Å². The van der Waals surface area contributed by atoms with Crippen molar-refractivity contribution in [1.29, 1.82) is 0 Å². The summed E-state index contributed by atoms with van der Waals surface area (Å²) in [5, 5.41) is 12.0.